The summed E-state index contributed by atoms with van der Waals surface area (Å²) in [6.45, 7) is 0.731. The molecule has 84 valence electrons. The second-order valence-electron chi connectivity index (χ2n) is 3.06. The van der Waals surface area contributed by atoms with Crippen LogP contribution in [0.2, 0.25) is 0 Å². The Morgan fingerprint density at radius 2 is 2.50 bits per heavy atom. The Balaban J connectivity index is 1.82. The minimum absolute atomic E-state index is 0.0780. The fourth-order valence-electron chi connectivity index (χ4n) is 1.15. The molecule has 0 saturated heterocycles. The molecule has 0 atom stereocenters. The Hall–Kier alpha value is -1.21. The Kier molecular flexibility index (Phi) is 3.68. The molecule has 0 bridgehead atoms. The molecule has 0 aliphatic carbocycles. The van der Waals surface area contributed by atoms with Gasteiger partial charge in [0.1, 0.15) is 19.2 Å². The molecule has 0 unspecified atom stereocenters. The minimum Gasteiger partial charge on any atom is -0.350 e. The standard InChI is InChI=1S/C9H9BrN4OS/c10-7-1-2-16-8(7)3-12-9(15)4-14-6-11-5-13-14/h1-2,5-6H,3-4H2,(H,12,15). The van der Waals surface area contributed by atoms with E-state index in [1.165, 1.54) is 17.3 Å². The van der Waals surface area contributed by atoms with Crippen molar-refractivity contribution in [1.82, 2.24) is 20.1 Å². The molecule has 2 aromatic rings. The summed E-state index contributed by atoms with van der Waals surface area (Å²) in [5.74, 6) is -0.0780. The lowest BCUT2D eigenvalue weighted by atomic mass is 10.4. The third-order valence-electron chi connectivity index (χ3n) is 1.91. The number of aromatic nitrogens is 3. The number of halogens is 1. The molecule has 0 saturated carbocycles. The van der Waals surface area contributed by atoms with E-state index in [1.807, 2.05) is 11.4 Å². The van der Waals surface area contributed by atoms with E-state index in [1.54, 1.807) is 11.3 Å². The number of hydrogen-bond donors (Lipinski definition) is 1. The normalized spacial score (nSPS) is 10.3. The minimum atomic E-state index is -0.0780. The molecule has 0 fully saturated rings. The highest BCUT2D eigenvalue weighted by Crippen LogP contribution is 2.21. The molecule has 2 rings (SSSR count). The summed E-state index contributed by atoms with van der Waals surface area (Å²) < 4.78 is 2.51. The third kappa shape index (κ3) is 2.89. The van der Waals surface area contributed by atoms with Gasteiger partial charge in [-0.15, -0.1) is 11.3 Å². The Morgan fingerprint density at radius 1 is 1.62 bits per heavy atom. The summed E-state index contributed by atoms with van der Waals surface area (Å²) in [5.41, 5.74) is 0. The van der Waals surface area contributed by atoms with E-state index in [0.29, 0.717) is 6.54 Å². The predicted molar refractivity (Wildman–Crippen MR) is 63.9 cm³/mol. The highest BCUT2D eigenvalue weighted by molar-refractivity contribution is 9.10. The first-order chi connectivity index (χ1) is 7.75. The molecule has 1 N–H and O–H groups in total. The van der Waals surface area contributed by atoms with Gasteiger partial charge in [0.05, 0.1) is 6.54 Å². The van der Waals surface area contributed by atoms with Crippen LogP contribution in [0.3, 0.4) is 0 Å². The van der Waals surface area contributed by atoms with Crippen molar-refractivity contribution in [3.05, 3.63) is 33.5 Å². The van der Waals surface area contributed by atoms with Gasteiger partial charge in [-0.1, -0.05) is 0 Å². The van der Waals surface area contributed by atoms with Crippen LogP contribution in [0.1, 0.15) is 4.88 Å². The average molecular weight is 301 g/mol. The maximum absolute atomic E-state index is 11.5. The van der Waals surface area contributed by atoms with Crippen molar-refractivity contribution in [3.63, 3.8) is 0 Å². The van der Waals surface area contributed by atoms with Crippen LogP contribution in [0.5, 0.6) is 0 Å². The summed E-state index contributed by atoms with van der Waals surface area (Å²) in [6.07, 6.45) is 2.92. The van der Waals surface area contributed by atoms with Gasteiger partial charge < -0.3 is 5.32 Å². The number of rotatable bonds is 4. The highest BCUT2D eigenvalue weighted by Gasteiger charge is 2.05. The smallest absolute Gasteiger partial charge is 0.242 e. The second kappa shape index (κ2) is 5.22. The molecule has 16 heavy (non-hydrogen) atoms. The molecule has 1 amide bonds. The van der Waals surface area contributed by atoms with E-state index in [9.17, 15) is 4.79 Å². The predicted octanol–water partition coefficient (Wildman–Crippen LogP) is 1.42. The molecule has 2 heterocycles. The summed E-state index contributed by atoms with van der Waals surface area (Å²) in [5, 5.41) is 8.65. The molecule has 0 aliphatic rings. The quantitative estimate of drug-likeness (QED) is 0.929. The number of nitrogens with one attached hydrogen (secondary N) is 1. The fraction of sp³-hybridized carbons (Fsp3) is 0.222. The maximum atomic E-state index is 11.5. The summed E-state index contributed by atoms with van der Waals surface area (Å²) in [4.78, 5) is 16.4. The van der Waals surface area contributed by atoms with Gasteiger partial charge in [0.2, 0.25) is 5.91 Å². The van der Waals surface area contributed by atoms with Crippen LogP contribution in [-0.2, 0) is 17.9 Å². The van der Waals surface area contributed by atoms with E-state index in [-0.39, 0.29) is 12.5 Å². The molecule has 0 radical (unpaired) electrons. The van der Waals surface area contributed by atoms with Crippen molar-refractivity contribution in [3.8, 4) is 0 Å². The second-order valence-corrected chi connectivity index (χ2v) is 4.92. The van der Waals surface area contributed by atoms with E-state index < -0.39 is 0 Å². The van der Waals surface area contributed by atoms with E-state index in [2.05, 4.69) is 31.3 Å². The highest BCUT2D eigenvalue weighted by atomic mass is 79.9. The number of carbonyl (C=O) groups is 1. The van der Waals surface area contributed by atoms with Crippen LogP contribution in [0.15, 0.2) is 28.6 Å². The first-order valence-electron chi connectivity index (χ1n) is 4.56. The number of carbonyl (C=O) groups excluding carboxylic acids is 1. The summed E-state index contributed by atoms with van der Waals surface area (Å²) in [7, 11) is 0. The van der Waals surface area contributed by atoms with Crippen molar-refractivity contribution < 1.29 is 4.79 Å². The lowest BCUT2D eigenvalue weighted by Crippen LogP contribution is -2.27. The van der Waals surface area contributed by atoms with E-state index in [0.717, 1.165) is 9.35 Å². The summed E-state index contributed by atoms with van der Waals surface area (Å²) in [6, 6.07) is 1.96. The average Bonchev–Trinajstić information content (AvgIpc) is 2.87. The molecule has 5 nitrogen and oxygen atoms in total. The van der Waals surface area contributed by atoms with Crippen molar-refractivity contribution in [2.75, 3.05) is 0 Å². The van der Waals surface area contributed by atoms with Crippen LogP contribution in [0.25, 0.3) is 0 Å². The van der Waals surface area contributed by atoms with Crippen molar-refractivity contribution in [2.45, 2.75) is 13.1 Å². The zero-order valence-electron chi connectivity index (χ0n) is 8.26. The number of amides is 1. The van der Waals surface area contributed by atoms with Crippen LogP contribution < -0.4 is 5.32 Å². The van der Waals surface area contributed by atoms with Gasteiger partial charge >= 0.3 is 0 Å². The van der Waals surface area contributed by atoms with Crippen molar-refractivity contribution in [1.29, 1.82) is 0 Å². The number of hydrogen-bond acceptors (Lipinski definition) is 4. The topological polar surface area (TPSA) is 59.8 Å². The SMILES string of the molecule is O=C(Cn1cncn1)NCc1sccc1Br. The van der Waals surface area contributed by atoms with Gasteiger partial charge in [-0.2, -0.15) is 5.10 Å². The maximum Gasteiger partial charge on any atom is 0.242 e. The monoisotopic (exact) mass is 300 g/mol. The van der Waals surface area contributed by atoms with Crippen molar-refractivity contribution >= 4 is 33.2 Å². The first-order valence-corrected chi connectivity index (χ1v) is 6.24. The molecule has 0 spiro atoms. The first kappa shape index (κ1) is 11.3. The zero-order valence-corrected chi connectivity index (χ0v) is 10.7. The Morgan fingerprint density at radius 3 is 3.12 bits per heavy atom. The fourth-order valence-corrected chi connectivity index (χ4v) is 2.58. The molecule has 2 aromatic heterocycles. The zero-order chi connectivity index (χ0) is 11.4. The van der Waals surface area contributed by atoms with Gasteiger partial charge in [0.25, 0.3) is 0 Å². The van der Waals surface area contributed by atoms with E-state index >= 15 is 0 Å². The molecule has 0 aliphatic heterocycles. The molecular weight excluding hydrogens is 292 g/mol. The lowest BCUT2D eigenvalue weighted by molar-refractivity contribution is -0.122. The van der Waals surface area contributed by atoms with Gasteiger partial charge in [0, 0.05) is 9.35 Å². The molecule has 0 aromatic carbocycles. The molecular formula is C9H9BrN4OS. The summed E-state index contributed by atoms with van der Waals surface area (Å²) >= 11 is 5.01. The number of thiophene rings is 1. The largest absolute Gasteiger partial charge is 0.350 e. The van der Waals surface area contributed by atoms with Gasteiger partial charge in [0.15, 0.2) is 0 Å². The lowest BCUT2D eigenvalue weighted by Gasteiger charge is -2.03. The third-order valence-corrected chi connectivity index (χ3v) is 3.84. The van der Waals surface area contributed by atoms with E-state index in [4.69, 9.17) is 0 Å². The number of nitrogens with zero attached hydrogens (tertiary/aromatic N) is 3. The van der Waals surface area contributed by atoms with Gasteiger partial charge in [-0.05, 0) is 27.4 Å². The van der Waals surface area contributed by atoms with Crippen LogP contribution in [0, 0.1) is 0 Å². The Bertz CT molecular complexity index is 468. The van der Waals surface area contributed by atoms with Crippen LogP contribution >= 0.6 is 27.3 Å². The van der Waals surface area contributed by atoms with Gasteiger partial charge in [-0.25, -0.2) is 9.67 Å². The Labute approximate surface area is 105 Å². The van der Waals surface area contributed by atoms with Crippen LogP contribution in [-0.4, -0.2) is 20.7 Å². The van der Waals surface area contributed by atoms with Crippen molar-refractivity contribution in [2.24, 2.45) is 0 Å². The van der Waals surface area contributed by atoms with Gasteiger partial charge in [-0.3, -0.25) is 4.79 Å². The molecule has 7 heteroatoms. The van der Waals surface area contributed by atoms with Crippen LogP contribution in [0.4, 0.5) is 0 Å².